The predicted octanol–water partition coefficient (Wildman–Crippen LogP) is 5.36. The topological polar surface area (TPSA) is 72.5 Å². The van der Waals surface area contributed by atoms with E-state index in [1.807, 2.05) is 50.2 Å². The minimum absolute atomic E-state index is 0.116. The molecule has 0 fully saturated rings. The monoisotopic (exact) mass is 375 g/mol. The van der Waals surface area contributed by atoms with Gasteiger partial charge in [0.2, 0.25) is 5.91 Å². The molecule has 0 aliphatic rings. The van der Waals surface area contributed by atoms with Crippen LogP contribution in [0.4, 0.5) is 5.69 Å². The maximum absolute atomic E-state index is 12.4. The van der Waals surface area contributed by atoms with E-state index in [0.717, 1.165) is 22.8 Å². The molecule has 1 amide bonds. The van der Waals surface area contributed by atoms with Gasteiger partial charge in [-0.3, -0.25) is 4.79 Å². The molecule has 0 spiro atoms. The highest BCUT2D eigenvalue weighted by atomic mass is 16.4. The molecule has 0 radical (unpaired) electrons. The Morgan fingerprint density at radius 1 is 1.00 bits per heavy atom. The van der Waals surface area contributed by atoms with Crippen LogP contribution in [0.15, 0.2) is 62.2 Å². The zero-order valence-corrected chi connectivity index (χ0v) is 16.0. The van der Waals surface area contributed by atoms with Gasteiger partial charge >= 0.3 is 5.63 Å². The second-order valence-corrected chi connectivity index (χ2v) is 7.11. The molecule has 0 aliphatic carbocycles. The summed E-state index contributed by atoms with van der Waals surface area (Å²) >= 11 is 0. The lowest BCUT2D eigenvalue weighted by molar-refractivity contribution is -0.118. The largest absolute Gasteiger partial charge is 0.454 e. The number of benzene rings is 2. The number of anilines is 1. The molecule has 0 saturated carbocycles. The van der Waals surface area contributed by atoms with Crippen LogP contribution in [0.5, 0.6) is 0 Å². The molecule has 0 aliphatic heterocycles. The third kappa shape index (κ3) is 3.09. The normalized spacial score (nSPS) is 11.4. The molecule has 142 valence electrons. The van der Waals surface area contributed by atoms with E-state index in [9.17, 15) is 9.59 Å². The zero-order chi connectivity index (χ0) is 19.8. The number of aryl methyl sites for hydroxylation is 1. The van der Waals surface area contributed by atoms with Crippen molar-refractivity contribution < 1.29 is 13.6 Å². The van der Waals surface area contributed by atoms with Gasteiger partial charge in [0, 0.05) is 28.3 Å². The summed E-state index contributed by atoms with van der Waals surface area (Å²) in [4.78, 5) is 24.6. The Labute approximate surface area is 162 Å². The lowest BCUT2D eigenvalue weighted by atomic mass is 10.0. The molecule has 2 aromatic carbocycles. The molecule has 0 atom stereocenters. The third-order valence-electron chi connectivity index (χ3n) is 4.83. The summed E-state index contributed by atoms with van der Waals surface area (Å²) in [7, 11) is 0. The van der Waals surface area contributed by atoms with Crippen LogP contribution in [0, 0.1) is 5.92 Å². The molecule has 2 aromatic heterocycles. The number of hydrogen-bond acceptors (Lipinski definition) is 4. The fraction of sp³-hybridized carbons (Fsp3) is 0.217. The second-order valence-electron chi connectivity index (χ2n) is 7.11. The Hall–Kier alpha value is -3.34. The zero-order valence-electron chi connectivity index (χ0n) is 16.0. The SMILES string of the molecule is CCc1ccc2oc(=O)cc(-c3oc4ccccc4c3NC(=O)C(C)C)c2c1. The predicted molar refractivity (Wildman–Crippen MR) is 111 cm³/mol. The van der Waals surface area contributed by atoms with E-state index in [1.54, 1.807) is 6.07 Å². The molecule has 0 saturated heterocycles. The summed E-state index contributed by atoms with van der Waals surface area (Å²) in [5.41, 5.74) is 2.96. The van der Waals surface area contributed by atoms with Crippen molar-refractivity contribution in [3.8, 4) is 11.3 Å². The molecule has 28 heavy (non-hydrogen) atoms. The minimum Gasteiger partial charge on any atom is -0.454 e. The summed E-state index contributed by atoms with van der Waals surface area (Å²) in [6, 6.07) is 14.6. The molecule has 4 aromatic rings. The number of rotatable bonds is 4. The summed E-state index contributed by atoms with van der Waals surface area (Å²) in [6.45, 7) is 5.73. The Kier molecular flexibility index (Phi) is 4.51. The number of para-hydroxylation sites is 1. The lowest BCUT2D eigenvalue weighted by Gasteiger charge is -2.10. The maximum Gasteiger partial charge on any atom is 0.336 e. The van der Waals surface area contributed by atoms with Crippen molar-refractivity contribution in [2.24, 2.45) is 5.92 Å². The van der Waals surface area contributed by atoms with Crippen LogP contribution in [-0.2, 0) is 11.2 Å². The summed E-state index contributed by atoms with van der Waals surface area (Å²) in [6.07, 6.45) is 0.853. The number of hydrogen-bond donors (Lipinski definition) is 1. The fourth-order valence-corrected chi connectivity index (χ4v) is 3.24. The first kappa shape index (κ1) is 18.0. The van der Waals surface area contributed by atoms with Crippen LogP contribution in [0.3, 0.4) is 0 Å². The number of carbonyl (C=O) groups excluding carboxylic acids is 1. The van der Waals surface area contributed by atoms with E-state index in [0.29, 0.717) is 28.2 Å². The van der Waals surface area contributed by atoms with Gasteiger partial charge in [0.15, 0.2) is 5.76 Å². The van der Waals surface area contributed by atoms with E-state index in [2.05, 4.69) is 12.2 Å². The molecule has 1 N–H and O–H groups in total. The van der Waals surface area contributed by atoms with Crippen LogP contribution in [0.1, 0.15) is 26.3 Å². The second kappa shape index (κ2) is 7.00. The van der Waals surface area contributed by atoms with Crippen LogP contribution in [-0.4, -0.2) is 5.91 Å². The van der Waals surface area contributed by atoms with Crippen molar-refractivity contribution in [1.82, 2.24) is 0 Å². The highest BCUT2D eigenvalue weighted by Crippen LogP contribution is 2.40. The van der Waals surface area contributed by atoms with Gasteiger partial charge in [-0.2, -0.15) is 0 Å². The quantitative estimate of drug-likeness (QED) is 0.487. The van der Waals surface area contributed by atoms with Crippen molar-refractivity contribution in [1.29, 1.82) is 0 Å². The standard InChI is InChI=1S/C23H21NO4/c1-4-14-9-10-19-16(11-14)17(12-20(25)27-19)22-21(24-23(26)13(2)3)15-7-5-6-8-18(15)28-22/h5-13H,4H2,1-3H3,(H,24,26). The van der Waals surface area contributed by atoms with Crippen molar-refractivity contribution in [3.05, 3.63) is 64.5 Å². The molecule has 5 nitrogen and oxygen atoms in total. The first-order valence-corrected chi connectivity index (χ1v) is 9.37. The highest BCUT2D eigenvalue weighted by molar-refractivity contribution is 6.09. The van der Waals surface area contributed by atoms with Crippen LogP contribution in [0.2, 0.25) is 0 Å². The van der Waals surface area contributed by atoms with Gasteiger partial charge in [0.25, 0.3) is 0 Å². The van der Waals surface area contributed by atoms with Crippen molar-refractivity contribution in [2.75, 3.05) is 5.32 Å². The number of amides is 1. The van der Waals surface area contributed by atoms with Gasteiger partial charge in [0.1, 0.15) is 11.2 Å². The minimum atomic E-state index is -0.464. The van der Waals surface area contributed by atoms with E-state index in [-0.39, 0.29) is 11.8 Å². The first-order chi connectivity index (χ1) is 13.5. The van der Waals surface area contributed by atoms with Gasteiger partial charge in [-0.15, -0.1) is 0 Å². The molecular formula is C23H21NO4. The van der Waals surface area contributed by atoms with Crippen LogP contribution >= 0.6 is 0 Å². The summed E-state index contributed by atoms with van der Waals surface area (Å²) in [5.74, 6) is 0.154. The maximum atomic E-state index is 12.4. The smallest absolute Gasteiger partial charge is 0.336 e. The Balaban J connectivity index is 2.04. The number of carbonyl (C=O) groups is 1. The summed E-state index contributed by atoms with van der Waals surface area (Å²) < 4.78 is 11.5. The lowest BCUT2D eigenvalue weighted by Crippen LogP contribution is -2.18. The van der Waals surface area contributed by atoms with Crippen molar-refractivity contribution in [3.63, 3.8) is 0 Å². The summed E-state index contributed by atoms with van der Waals surface area (Å²) in [5, 5.41) is 4.55. The first-order valence-electron chi connectivity index (χ1n) is 9.37. The Morgan fingerprint density at radius 3 is 2.50 bits per heavy atom. The number of nitrogens with one attached hydrogen (secondary N) is 1. The molecule has 0 unspecified atom stereocenters. The van der Waals surface area contributed by atoms with E-state index in [1.165, 1.54) is 6.07 Å². The van der Waals surface area contributed by atoms with Gasteiger partial charge in [0.05, 0.1) is 5.69 Å². The molecule has 2 heterocycles. The van der Waals surface area contributed by atoms with Crippen molar-refractivity contribution >= 4 is 33.5 Å². The van der Waals surface area contributed by atoms with Gasteiger partial charge in [-0.05, 0) is 36.2 Å². The number of furan rings is 1. The van der Waals surface area contributed by atoms with E-state index >= 15 is 0 Å². The van der Waals surface area contributed by atoms with Gasteiger partial charge in [-0.25, -0.2) is 4.79 Å². The van der Waals surface area contributed by atoms with E-state index < -0.39 is 5.63 Å². The average molecular weight is 375 g/mol. The third-order valence-corrected chi connectivity index (χ3v) is 4.83. The molecule has 5 heteroatoms. The Bertz CT molecular complexity index is 1250. The highest BCUT2D eigenvalue weighted by Gasteiger charge is 2.22. The molecule has 4 rings (SSSR count). The van der Waals surface area contributed by atoms with Crippen LogP contribution in [0.25, 0.3) is 33.3 Å². The average Bonchev–Trinajstić information content (AvgIpc) is 3.05. The Morgan fingerprint density at radius 2 is 1.75 bits per heavy atom. The fourth-order valence-electron chi connectivity index (χ4n) is 3.24. The van der Waals surface area contributed by atoms with Gasteiger partial charge in [-0.1, -0.05) is 39.0 Å². The van der Waals surface area contributed by atoms with Gasteiger partial charge < -0.3 is 14.2 Å². The van der Waals surface area contributed by atoms with Crippen molar-refractivity contribution in [2.45, 2.75) is 27.2 Å². The number of fused-ring (bicyclic) bond motifs is 2. The molecular weight excluding hydrogens is 354 g/mol. The van der Waals surface area contributed by atoms with Crippen LogP contribution < -0.4 is 10.9 Å². The van der Waals surface area contributed by atoms with E-state index in [4.69, 9.17) is 8.83 Å². The molecule has 0 bridgehead atoms.